The van der Waals surface area contributed by atoms with Gasteiger partial charge in [0.25, 0.3) is 0 Å². The van der Waals surface area contributed by atoms with Crippen LogP contribution in [0, 0.1) is 0 Å². The summed E-state index contributed by atoms with van der Waals surface area (Å²) in [6.45, 7) is 4.53. The van der Waals surface area contributed by atoms with Crippen LogP contribution >= 0.6 is 31.9 Å². The molecule has 2 unspecified atom stereocenters. The van der Waals surface area contributed by atoms with E-state index < -0.39 is 0 Å². The van der Waals surface area contributed by atoms with E-state index in [-0.39, 0.29) is 0 Å². The van der Waals surface area contributed by atoms with Gasteiger partial charge in [0, 0.05) is 68.5 Å². The maximum atomic E-state index is 4.84. The predicted octanol–water partition coefficient (Wildman–Crippen LogP) is 6.28. The van der Waals surface area contributed by atoms with Crippen molar-refractivity contribution in [3.05, 3.63) is 105 Å². The van der Waals surface area contributed by atoms with Crippen LogP contribution in [-0.4, -0.2) is 58.8 Å². The van der Waals surface area contributed by atoms with Crippen LogP contribution in [0.3, 0.4) is 0 Å². The Balaban J connectivity index is 0.000000152. The minimum atomic E-state index is 0.310. The second kappa shape index (κ2) is 15.5. The number of pyridine rings is 2. The van der Waals surface area contributed by atoms with Gasteiger partial charge >= 0.3 is 0 Å². The molecule has 2 aliphatic rings. The lowest BCUT2D eigenvalue weighted by molar-refractivity contribution is 0.405. The van der Waals surface area contributed by atoms with Gasteiger partial charge in [0.15, 0.2) is 11.3 Å². The molecule has 0 aliphatic carbocycles. The maximum Gasteiger partial charge on any atom is 0.171 e. The molecule has 0 aromatic carbocycles. The number of piperidine rings is 2. The van der Waals surface area contributed by atoms with E-state index in [2.05, 4.69) is 97.6 Å². The van der Waals surface area contributed by atoms with E-state index in [1.807, 2.05) is 33.6 Å². The van der Waals surface area contributed by atoms with Crippen LogP contribution < -0.4 is 21.3 Å². The van der Waals surface area contributed by atoms with Gasteiger partial charge in [-0.1, -0.05) is 18.6 Å². The first-order valence-corrected chi connectivity index (χ1v) is 18.0. The monoisotopic (exact) mass is 772 g/mol. The lowest BCUT2D eigenvalue weighted by atomic mass is 9.96. The molecule has 2 aliphatic heterocycles. The fourth-order valence-electron chi connectivity index (χ4n) is 6.15. The summed E-state index contributed by atoms with van der Waals surface area (Å²) >= 11 is 7.11. The fraction of sp³-hybridized carbons (Fsp3) is 0.353. The van der Waals surface area contributed by atoms with E-state index >= 15 is 0 Å². The summed E-state index contributed by atoms with van der Waals surface area (Å²) in [7, 11) is 0. The van der Waals surface area contributed by atoms with Crippen molar-refractivity contribution in [1.29, 1.82) is 0 Å². The highest BCUT2D eigenvalue weighted by Gasteiger charge is 2.21. The van der Waals surface area contributed by atoms with E-state index in [1.54, 1.807) is 24.8 Å². The molecule has 14 heteroatoms. The van der Waals surface area contributed by atoms with Crippen molar-refractivity contribution in [2.75, 3.05) is 30.3 Å². The highest BCUT2D eigenvalue weighted by molar-refractivity contribution is 9.11. The first kappa shape index (κ1) is 32.6. The summed E-state index contributed by atoms with van der Waals surface area (Å²) in [5.74, 6) is 2.34. The third kappa shape index (κ3) is 7.67. The SMILES string of the molecule is Brc1cnn2c(NCc3cccnc3)cc(C3CCCCN3)nc12.Brc1cnn2c(NCc3cccnc3)cc(C3CCCNC3)nc12. The fourth-order valence-corrected chi connectivity index (χ4v) is 6.84. The first-order chi connectivity index (χ1) is 23.6. The third-order valence-corrected chi connectivity index (χ3v) is 9.79. The zero-order chi connectivity index (χ0) is 32.7. The van der Waals surface area contributed by atoms with E-state index in [9.17, 15) is 0 Å². The van der Waals surface area contributed by atoms with Crippen LogP contribution in [0.15, 0.2) is 82.5 Å². The van der Waals surface area contributed by atoms with Crippen LogP contribution in [0.2, 0.25) is 0 Å². The van der Waals surface area contributed by atoms with Crippen molar-refractivity contribution in [3.63, 3.8) is 0 Å². The molecule has 8 rings (SSSR count). The molecule has 6 aromatic rings. The normalized spacial score (nSPS) is 18.0. The van der Waals surface area contributed by atoms with Gasteiger partial charge < -0.3 is 21.3 Å². The highest BCUT2D eigenvalue weighted by Crippen LogP contribution is 2.29. The van der Waals surface area contributed by atoms with Crippen LogP contribution in [0.4, 0.5) is 11.6 Å². The molecule has 2 atom stereocenters. The second-order valence-corrected chi connectivity index (χ2v) is 13.8. The van der Waals surface area contributed by atoms with Crippen LogP contribution in [0.5, 0.6) is 0 Å². The molecule has 2 saturated heterocycles. The molecule has 0 bridgehead atoms. The Morgan fingerprint density at radius 2 is 1.35 bits per heavy atom. The van der Waals surface area contributed by atoms with Crippen molar-refractivity contribution in [3.8, 4) is 0 Å². The first-order valence-electron chi connectivity index (χ1n) is 16.4. The minimum Gasteiger partial charge on any atom is -0.366 e. The standard InChI is InChI=1S/2C17H19BrN6/c18-14-11-22-24-16(21-9-12-3-1-5-19-8-12)7-15(23-17(14)24)13-4-2-6-20-10-13;18-13-11-22-24-16(21-10-12-4-3-6-19-9-12)8-15(23-17(13)24)14-5-1-2-7-20-14/h1,3,5,7-8,11,13,20-21H,2,4,6,9-10H2;3-4,6,8-9,11,14,20-21H,1-2,5,7,10H2. The van der Waals surface area contributed by atoms with Crippen molar-refractivity contribution in [1.82, 2.24) is 49.8 Å². The van der Waals surface area contributed by atoms with E-state index in [1.165, 1.54) is 25.7 Å². The van der Waals surface area contributed by atoms with E-state index in [4.69, 9.17) is 9.97 Å². The Morgan fingerprint density at radius 1 is 0.729 bits per heavy atom. The summed E-state index contributed by atoms with van der Waals surface area (Å²) < 4.78 is 5.51. The second-order valence-electron chi connectivity index (χ2n) is 12.1. The molecule has 0 spiro atoms. The van der Waals surface area contributed by atoms with Crippen molar-refractivity contribution in [2.45, 2.75) is 57.2 Å². The van der Waals surface area contributed by atoms with Gasteiger partial charge in [-0.2, -0.15) is 19.2 Å². The zero-order valence-corrected chi connectivity index (χ0v) is 29.7. The summed E-state index contributed by atoms with van der Waals surface area (Å²) in [5, 5.41) is 22.8. The maximum absolute atomic E-state index is 4.84. The predicted molar refractivity (Wildman–Crippen MR) is 194 cm³/mol. The average Bonchev–Trinajstić information content (AvgIpc) is 3.73. The highest BCUT2D eigenvalue weighted by atomic mass is 79.9. The lowest BCUT2D eigenvalue weighted by Gasteiger charge is -2.23. The Labute approximate surface area is 295 Å². The number of hydrogen-bond acceptors (Lipinski definition) is 10. The molecule has 2 fully saturated rings. The summed E-state index contributed by atoms with van der Waals surface area (Å²) in [4.78, 5) is 18.0. The van der Waals surface area contributed by atoms with Crippen molar-refractivity contribution < 1.29 is 0 Å². The summed E-state index contributed by atoms with van der Waals surface area (Å²) in [6.07, 6.45) is 16.8. The Hall–Kier alpha value is -3.98. The Morgan fingerprint density at radius 3 is 1.90 bits per heavy atom. The van der Waals surface area contributed by atoms with Crippen molar-refractivity contribution in [2.24, 2.45) is 0 Å². The molecule has 12 nitrogen and oxygen atoms in total. The van der Waals surface area contributed by atoms with Gasteiger partial charge in [0.1, 0.15) is 11.6 Å². The van der Waals surface area contributed by atoms with Gasteiger partial charge in [-0.25, -0.2) is 9.97 Å². The van der Waals surface area contributed by atoms with Crippen LogP contribution in [-0.2, 0) is 13.1 Å². The smallest absolute Gasteiger partial charge is 0.171 e. The molecule has 8 heterocycles. The number of nitrogens with one attached hydrogen (secondary N) is 4. The Kier molecular flexibility index (Phi) is 10.5. The summed E-state index contributed by atoms with van der Waals surface area (Å²) in [6, 6.07) is 12.5. The summed E-state index contributed by atoms with van der Waals surface area (Å²) in [5.41, 5.74) is 6.14. The number of hydrogen-bond donors (Lipinski definition) is 4. The topological polar surface area (TPSA) is 134 Å². The number of fused-ring (bicyclic) bond motifs is 2. The molecule has 6 aromatic heterocycles. The van der Waals surface area contributed by atoms with E-state index in [0.717, 1.165) is 80.4 Å². The third-order valence-electron chi connectivity index (χ3n) is 8.67. The molecular weight excluding hydrogens is 736 g/mol. The number of anilines is 2. The van der Waals surface area contributed by atoms with Crippen LogP contribution in [0.1, 0.15) is 66.6 Å². The molecule has 48 heavy (non-hydrogen) atoms. The Bertz CT molecular complexity index is 1790. The van der Waals surface area contributed by atoms with E-state index in [0.29, 0.717) is 25.0 Å². The van der Waals surface area contributed by atoms with Gasteiger partial charge in [-0.05, 0) is 93.9 Å². The molecule has 248 valence electrons. The number of halogens is 2. The van der Waals surface area contributed by atoms with Gasteiger partial charge in [0.2, 0.25) is 0 Å². The number of nitrogens with zero attached hydrogens (tertiary/aromatic N) is 8. The molecular formula is C34H38Br2N12. The number of aromatic nitrogens is 8. The zero-order valence-electron chi connectivity index (χ0n) is 26.5. The molecule has 4 N–H and O–H groups in total. The number of rotatable bonds is 8. The van der Waals surface area contributed by atoms with Crippen molar-refractivity contribution >= 4 is 54.8 Å². The van der Waals surface area contributed by atoms with Gasteiger partial charge in [0.05, 0.1) is 32.7 Å². The molecule has 0 saturated carbocycles. The van der Waals surface area contributed by atoms with Crippen LogP contribution in [0.25, 0.3) is 11.3 Å². The van der Waals surface area contributed by atoms with Gasteiger partial charge in [-0.15, -0.1) is 0 Å². The minimum absolute atomic E-state index is 0.310. The average molecular weight is 775 g/mol. The largest absolute Gasteiger partial charge is 0.366 e. The molecule has 0 radical (unpaired) electrons. The van der Waals surface area contributed by atoms with Gasteiger partial charge in [-0.3, -0.25) is 9.97 Å². The lowest BCUT2D eigenvalue weighted by Crippen LogP contribution is -2.29. The molecule has 0 amide bonds. The quantitative estimate of drug-likeness (QED) is 0.140.